The normalized spacial score (nSPS) is 28.7. The smallest absolute Gasteiger partial charge is 0.000669 e. The van der Waals surface area contributed by atoms with E-state index in [0.717, 1.165) is 11.8 Å². The first-order chi connectivity index (χ1) is 6.59. The van der Waals surface area contributed by atoms with Crippen molar-refractivity contribution in [3.8, 4) is 0 Å². The van der Waals surface area contributed by atoms with Crippen molar-refractivity contribution < 1.29 is 0 Å². The zero-order chi connectivity index (χ0) is 10.6. The van der Waals surface area contributed by atoms with Gasteiger partial charge in [-0.05, 0) is 52.9 Å². The van der Waals surface area contributed by atoms with E-state index in [1.54, 1.807) is 0 Å². The number of hydrogen-bond acceptors (Lipinski definition) is 2. The molecule has 0 aliphatic heterocycles. The van der Waals surface area contributed by atoms with Gasteiger partial charge in [-0.15, -0.1) is 0 Å². The van der Waals surface area contributed by atoms with E-state index >= 15 is 0 Å². The lowest BCUT2D eigenvalue weighted by molar-refractivity contribution is 0.153. The Labute approximate surface area is 89.3 Å². The summed E-state index contributed by atoms with van der Waals surface area (Å²) < 4.78 is 0. The minimum atomic E-state index is 0.932. The second kappa shape index (κ2) is 5.72. The van der Waals surface area contributed by atoms with Crippen LogP contribution < -0.4 is 0 Å². The van der Waals surface area contributed by atoms with Crippen LogP contribution in [0.1, 0.15) is 25.7 Å². The van der Waals surface area contributed by atoms with Crippen molar-refractivity contribution in [3.05, 3.63) is 0 Å². The van der Waals surface area contributed by atoms with Crippen LogP contribution in [0.2, 0.25) is 0 Å². The minimum Gasteiger partial charge on any atom is -0.309 e. The van der Waals surface area contributed by atoms with E-state index in [0.29, 0.717) is 0 Å². The Kier molecular flexibility index (Phi) is 4.90. The molecule has 2 atom stereocenters. The SMILES string of the molecule is CN(C)CC1CCCCC1CN(C)C. The highest BCUT2D eigenvalue weighted by Crippen LogP contribution is 2.30. The van der Waals surface area contributed by atoms with Gasteiger partial charge in [0, 0.05) is 13.1 Å². The standard InChI is InChI=1S/C12H26N2/c1-13(2)9-11-7-5-6-8-12(11)10-14(3)4/h11-12H,5-10H2,1-4H3. The second-order valence-corrected chi connectivity index (χ2v) is 5.33. The summed E-state index contributed by atoms with van der Waals surface area (Å²) in [5.41, 5.74) is 0. The number of hydrogen-bond donors (Lipinski definition) is 0. The zero-order valence-electron chi connectivity index (χ0n) is 10.3. The highest BCUT2D eigenvalue weighted by molar-refractivity contribution is 4.78. The first-order valence-corrected chi connectivity index (χ1v) is 5.89. The van der Waals surface area contributed by atoms with Gasteiger partial charge in [-0.1, -0.05) is 12.8 Å². The van der Waals surface area contributed by atoms with Gasteiger partial charge in [0.15, 0.2) is 0 Å². The van der Waals surface area contributed by atoms with Crippen LogP contribution in [0.3, 0.4) is 0 Å². The number of nitrogens with zero attached hydrogens (tertiary/aromatic N) is 2. The van der Waals surface area contributed by atoms with Crippen molar-refractivity contribution in [2.24, 2.45) is 11.8 Å². The van der Waals surface area contributed by atoms with Crippen molar-refractivity contribution in [1.82, 2.24) is 9.80 Å². The third-order valence-corrected chi connectivity index (χ3v) is 3.27. The molecule has 1 fully saturated rings. The van der Waals surface area contributed by atoms with Gasteiger partial charge in [0.1, 0.15) is 0 Å². The van der Waals surface area contributed by atoms with E-state index in [4.69, 9.17) is 0 Å². The van der Waals surface area contributed by atoms with Crippen LogP contribution in [0.25, 0.3) is 0 Å². The van der Waals surface area contributed by atoms with E-state index in [-0.39, 0.29) is 0 Å². The highest BCUT2D eigenvalue weighted by atomic mass is 15.1. The lowest BCUT2D eigenvalue weighted by atomic mass is 9.79. The number of rotatable bonds is 4. The summed E-state index contributed by atoms with van der Waals surface area (Å²) in [6, 6.07) is 0. The van der Waals surface area contributed by atoms with Gasteiger partial charge in [0.25, 0.3) is 0 Å². The van der Waals surface area contributed by atoms with Gasteiger partial charge in [-0.2, -0.15) is 0 Å². The third-order valence-electron chi connectivity index (χ3n) is 3.27. The van der Waals surface area contributed by atoms with Crippen molar-refractivity contribution in [2.45, 2.75) is 25.7 Å². The van der Waals surface area contributed by atoms with Crippen LogP contribution in [0.5, 0.6) is 0 Å². The first kappa shape index (κ1) is 12.0. The molecular weight excluding hydrogens is 172 g/mol. The summed E-state index contributed by atoms with van der Waals surface area (Å²) in [6.07, 6.45) is 5.78. The molecule has 0 aromatic rings. The maximum Gasteiger partial charge on any atom is 0.000669 e. The topological polar surface area (TPSA) is 6.48 Å². The van der Waals surface area contributed by atoms with E-state index in [2.05, 4.69) is 38.0 Å². The molecule has 0 heterocycles. The van der Waals surface area contributed by atoms with Crippen molar-refractivity contribution in [3.63, 3.8) is 0 Å². The molecule has 2 heteroatoms. The van der Waals surface area contributed by atoms with Gasteiger partial charge < -0.3 is 9.80 Å². The summed E-state index contributed by atoms with van der Waals surface area (Å²) in [4.78, 5) is 4.69. The van der Waals surface area contributed by atoms with E-state index < -0.39 is 0 Å². The van der Waals surface area contributed by atoms with Crippen molar-refractivity contribution in [2.75, 3.05) is 41.3 Å². The van der Waals surface area contributed by atoms with E-state index in [1.807, 2.05) is 0 Å². The fraction of sp³-hybridized carbons (Fsp3) is 1.00. The lowest BCUT2D eigenvalue weighted by Gasteiger charge is -2.35. The molecule has 84 valence electrons. The second-order valence-electron chi connectivity index (χ2n) is 5.33. The Bertz CT molecular complexity index is 136. The summed E-state index contributed by atoms with van der Waals surface area (Å²) in [5.74, 6) is 1.86. The average molecular weight is 198 g/mol. The molecular formula is C12H26N2. The molecule has 2 nitrogen and oxygen atoms in total. The average Bonchev–Trinajstić information content (AvgIpc) is 2.06. The quantitative estimate of drug-likeness (QED) is 0.681. The van der Waals surface area contributed by atoms with Crippen LogP contribution in [-0.4, -0.2) is 51.1 Å². The van der Waals surface area contributed by atoms with Crippen molar-refractivity contribution in [1.29, 1.82) is 0 Å². The van der Waals surface area contributed by atoms with Gasteiger partial charge >= 0.3 is 0 Å². The Morgan fingerprint density at radius 3 is 1.43 bits per heavy atom. The van der Waals surface area contributed by atoms with Crippen LogP contribution in [0.4, 0.5) is 0 Å². The third kappa shape index (κ3) is 3.97. The van der Waals surface area contributed by atoms with Gasteiger partial charge in [0.2, 0.25) is 0 Å². The maximum absolute atomic E-state index is 2.35. The molecule has 1 aliphatic rings. The molecule has 2 unspecified atom stereocenters. The predicted octanol–water partition coefficient (Wildman–Crippen LogP) is 1.92. The molecule has 0 radical (unpaired) electrons. The van der Waals surface area contributed by atoms with E-state index in [1.165, 1.54) is 38.8 Å². The zero-order valence-corrected chi connectivity index (χ0v) is 10.3. The molecule has 0 saturated heterocycles. The monoisotopic (exact) mass is 198 g/mol. The highest BCUT2D eigenvalue weighted by Gasteiger charge is 2.25. The molecule has 0 N–H and O–H groups in total. The first-order valence-electron chi connectivity index (χ1n) is 5.89. The summed E-state index contributed by atoms with van der Waals surface area (Å²) in [7, 11) is 8.78. The summed E-state index contributed by atoms with van der Waals surface area (Å²) in [5, 5.41) is 0. The van der Waals surface area contributed by atoms with Gasteiger partial charge in [-0.25, -0.2) is 0 Å². The molecule has 0 aromatic heterocycles. The Balaban J connectivity index is 2.41. The molecule has 0 aromatic carbocycles. The Morgan fingerprint density at radius 1 is 0.786 bits per heavy atom. The summed E-state index contributed by atoms with van der Waals surface area (Å²) >= 11 is 0. The fourth-order valence-electron chi connectivity index (χ4n) is 2.70. The van der Waals surface area contributed by atoms with Gasteiger partial charge in [-0.3, -0.25) is 0 Å². The Hall–Kier alpha value is -0.0800. The maximum atomic E-state index is 2.35. The largest absolute Gasteiger partial charge is 0.309 e. The fourth-order valence-corrected chi connectivity index (χ4v) is 2.70. The molecule has 0 bridgehead atoms. The molecule has 1 aliphatic carbocycles. The van der Waals surface area contributed by atoms with Gasteiger partial charge in [0.05, 0.1) is 0 Å². The lowest BCUT2D eigenvalue weighted by Crippen LogP contribution is -2.35. The van der Waals surface area contributed by atoms with E-state index in [9.17, 15) is 0 Å². The predicted molar refractivity (Wildman–Crippen MR) is 62.6 cm³/mol. The Morgan fingerprint density at radius 2 is 1.14 bits per heavy atom. The molecule has 1 rings (SSSR count). The van der Waals surface area contributed by atoms with Crippen LogP contribution in [0, 0.1) is 11.8 Å². The van der Waals surface area contributed by atoms with Crippen LogP contribution in [-0.2, 0) is 0 Å². The van der Waals surface area contributed by atoms with Crippen LogP contribution >= 0.6 is 0 Å². The molecule has 14 heavy (non-hydrogen) atoms. The van der Waals surface area contributed by atoms with Crippen LogP contribution in [0.15, 0.2) is 0 Å². The molecule has 0 spiro atoms. The minimum absolute atomic E-state index is 0.932. The molecule has 0 amide bonds. The molecule has 1 saturated carbocycles. The van der Waals surface area contributed by atoms with Crippen molar-refractivity contribution >= 4 is 0 Å². The summed E-state index contributed by atoms with van der Waals surface area (Å²) in [6.45, 7) is 2.55.